The van der Waals surface area contributed by atoms with Crippen LogP contribution in [0.4, 0.5) is 10.1 Å². The molecule has 5 heteroatoms. The van der Waals surface area contributed by atoms with Crippen molar-refractivity contribution in [3.63, 3.8) is 0 Å². The number of carbonyl (C=O) groups excluding carboxylic acids is 1. The Morgan fingerprint density at radius 1 is 1.08 bits per heavy atom. The maximum atomic E-state index is 13.9. The monoisotopic (exact) mass is 323 g/mol. The molecule has 3 aromatic rings. The van der Waals surface area contributed by atoms with Crippen LogP contribution in [0.3, 0.4) is 0 Å². The first-order valence-electron chi connectivity index (χ1n) is 7.63. The van der Waals surface area contributed by atoms with Crippen LogP contribution in [-0.2, 0) is 7.05 Å². The van der Waals surface area contributed by atoms with Crippen LogP contribution in [0.25, 0.3) is 11.3 Å². The minimum Gasteiger partial charge on any atom is -0.321 e. The minimum atomic E-state index is -0.364. The standard InChI is InChI=1S/C19H18FN3O/c1-12-8-9-14(10-13(12)2)21-19(24)18-11-17(22-23(18)3)15-6-4-5-7-16(15)20/h4-11H,1-3H3,(H,21,24). The molecule has 0 atom stereocenters. The normalized spacial score (nSPS) is 10.7. The second-order valence-corrected chi connectivity index (χ2v) is 5.77. The SMILES string of the molecule is Cc1ccc(NC(=O)c2cc(-c3ccccc3F)nn2C)cc1C. The van der Waals surface area contributed by atoms with E-state index in [9.17, 15) is 9.18 Å². The highest BCUT2D eigenvalue weighted by atomic mass is 19.1. The fourth-order valence-electron chi connectivity index (χ4n) is 2.49. The third kappa shape index (κ3) is 3.06. The smallest absolute Gasteiger partial charge is 0.273 e. The lowest BCUT2D eigenvalue weighted by atomic mass is 10.1. The van der Waals surface area contributed by atoms with Gasteiger partial charge in [-0.1, -0.05) is 18.2 Å². The van der Waals surface area contributed by atoms with Crippen molar-refractivity contribution >= 4 is 11.6 Å². The Labute approximate surface area is 139 Å². The van der Waals surface area contributed by atoms with Gasteiger partial charge in [0, 0.05) is 18.3 Å². The van der Waals surface area contributed by atoms with E-state index < -0.39 is 0 Å². The molecule has 24 heavy (non-hydrogen) atoms. The van der Waals surface area contributed by atoms with E-state index in [1.165, 1.54) is 10.7 Å². The van der Waals surface area contributed by atoms with Crippen LogP contribution in [0.5, 0.6) is 0 Å². The number of amides is 1. The molecule has 0 fully saturated rings. The first-order chi connectivity index (χ1) is 11.5. The first kappa shape index (κ1) is 15.9. The molecule has 0 spiro atoms. The molecule has 0 aliphatic carbocycles. The Kier molecular flexibility index (Phi) is 4.16. The van der Waals surface area contributed by atoms with E-state index in [4.69, 9.17) is 0 Å². The predicted octanol–water partition coefficient (Wildman–Crippen LogP) is 4.10. The van der Waals surface area contributed by atoms with Gasteiger partial charge in [-0.3, -0.25) is 9.48 Å². The van der Waals surface area contributed by atoms with Gasteiger partial charge in [-0.25, -0.2) is 4.39 Å². The van der Waals surface area contributed by atoms with Gasteiger partial charge in [-0.2, -0.15) is 5.10 Å². The summed E-state index contributed by atoms with van der Waals surface area (Å²) in [4.78, 5) is 12.5. The van der Waals surface area contributed by atoms with E-state index in [-0.39, 0.29) is 11.7 Å². The third-order valence-corrected chi connectivity index (χ3v) is 4.03. The molecular formula is C19H18FN3O. The molecule has 0 saturated carbocycles. The van der Waals surface area contributed by atoms with Crippen molar-refractivity contribution in [2.75, 3.05) is 5.32 Å². The maximum Gasteiger partial charge on any atom is 0.273 e. The number of nitrogens with zero attached hydrogens (tertiary/aromatic N) is 2. The molecule has 0 radical (unpaired) electrons. The van der Waals surface area contributed by atoms with Gasteiger partial charge in [-0.05, 0) is 55.3 Å². The fourth-order valence-corrected chi connectivity index (χ4v) is 2.49. The van der Waals surface area contributed by atoms with Gasteiger partial charge >= 0.3 is 0 Å². The summed E-state index contributed by atoms with van der Waals surface area (Å²) in [7, 11) is 1.67. The van der Waals surface area contributed by atoms with Crippen LogP contribution in [0.1, 0.15) is 21.6 Å². The lowest BCUT2D eigenvalue weighted by Gasteiger charge is -2.07. The largest absolute Gasteiger partial charge is 0.321 e. The molecule has 1 N–H and O–H groups in total. The van der Waals surface area contributed by atoms with Crippen LogP contribution in [0.15, 0.2) is 48.5 Å². The molecule has 0 saturated heterocycles. The summed E-state index contributed by atoms with van der Waals surface area (Å²) in [5, 5.41) is 7.10. The quantitative estimate of drug-likeness (QED) is 0.789. The molecule has 0 aliphatic heterocycles. The molecule has 0 bridgehead atoms. The molecule has 122 valence electrons. The highest BCUT2D eigenvalue weighted by Crippen LogP contribution is 2.22. The summed E-state index contributed by atoms with van der Waals surface area (Å²) in [6.45, 7) is 4.01. The molecule has 1 heterocycles. The van der Waals surface area contributed by atoms with E-state index >= 15 is 0 Å². The van der Waals surface area contributed by atoms with Crippen LogP contribution >= 0.6 is 0 Å². The number of hydrogen-bond acceptors (Lipinski definition) is 2. The van der Waals surface area contributed by atoms with Crippen LogP contribution in [-0.4, -0.2) is 15.7 Å². The Hall–Kier alpha value is -2.95. The zero-order chi connectivity index (χ0) is 17.3. The Morgan fingerprint density at radius 2 is 1.83 bits per heavy atom. The van der Waals surface area contributed by atoms with Gasteiger partial charge in [0.05, 0.1) is 5.69 Å². The Balaban J connectivity index is 1.88. The number of nitrogens with one attached hydrogen (secondary N) is 1. The second kappa shape index (κ2) is 6.28. The molecule has 1 amide bonds. The van der Waals surface area contributed by atoms with Gasteiger partial charge < -0.3 is 5.32 Å². The van der Waals surface area contributed by atoms with Gasteiger partial charge in [0.25, 0.3) is 5.91 Å². The van der Waals surface area contributed by atoms with Crippen LogP contribution in [0.2, 0.25) is 0 Å². The van der Waals surface area contributed by atoms with Crippen molar-refractivity contribution in [2.24, 2.45) is 7.05 Å². The summed E-state index contributed by atoms with van der Waals surface area (Å²) < 4.78 is 15.4. The molecule has 2 aromatic carbocycles. The number of aryl methyl sites for hydroxylation is 3. The zero-order valence-electron chi connectivity index (χ0n) is 13.8. The summed E-state index contributed by atoms with van der Waals surface area (Å²) in [5.41, 5.74) is 4.16. The first-order valence-corrected chi connectivity index (χ1v) is 7.63. The lowest BCUT2D eigenvalue weighted by Crippen LogP contribution is -2.16. The summed E-state index contributed by atoms with van der Waals surface area (Å²) in [6.07, 6.45) is 0. The van der Waals surface area contributed by atoms with Gasteiger partial charge in [0.1, 0.15) is 11.5 Å². The van der Waals surface area contributed by atoms with Crippen LogP contribution in [0, 0.1) is 19.7 Å². The van der Waals surface area contributed by atoms with E-state index in [1.807, 2.05) is 32.0 Å². The third-order valence-electron chi connectivity index (χ3n) is 4.03. The van der Waals surface area contributed by atoms with Gasteiger partial charge in [0.2, 0.25) is 0 Å². The Bertz CT molecular complexity index is 915. The van der Waals surface area contributed by atoms with Crippen molar-refractivity contribution in [3.05, 3.63) is 71.2 Å². The van der Waals surface area contributed by atoms with E-state index in [2.05, 4.69) is 10.4 Å². The number of aromatic nitrogens is 2. The number of halogens is 1. The van der Waals surface area contributed by atoms with Crippen LogP contribution < -0.4 is 5.32 Å². The molecule has 0 aliphatic rings. The Morgan fingerprint density at radius 3 is 2.54 bits per heavy atom. The average Bonchev–Trinajstić information content (AvgIpc) is 2.93. The number of rotatable bonds is 3. The van der Waals surface area contributed by atoms with Crippen molar-refractivity contribution in [1.29, 1.82) is 0 Å². The van der Waals surface area contributed by atoms with Crippen molar-refractivity contribution < 1.29 is 9.18 Å². The fraction of sp³-hybridized carbons (Fsp3) is 0.158. The zero-order valence-corrected chi connectivity index (χ0v) is 13.8. The van der Waals surface area contributed by atoms with Crippen molar-refractivity contribution in [3.8, 4) is 11.3 Å². The lowest BCUT2D eigenvalue weighted by molar-refractivity contribution is 0.101. The van der Waals surface area contributed by atoms with E-state index in [0.717, 1.165) is 16.8 Å². The summed E-state index contributed by atoms with van der Waals surface area (Å²) in [5.74, 6) is -0.646. The molecule has 1 aromatic heterocycles. The number of benzene rings is 2. The molecule has 3 rings (SSSR count). The van der Waals surface area contributed by atoms with Gasteiger partial charge in [0.15, 0.2) is 0 Å². The minimum absolute atomic E-state index is 0.282. The predicted molar refractivity (Wildman–Crippen MR) is 92.5 cm³/mol. The molecular weight excluding hydrogens is 305 g/mol. The second-order valence-electron chi connectivity index (χ2n) is 5.77. The highest BCUT2D eigenvalue weighted by molar-refractivity contribution is 6.03. The maximum absolute atomic E-state index is 13.9. The van der Waals surface area contributed by atoms with Crippen molar-refractivity contribution in [2.45, 2.75) is 13.8 Å². The molecule has 4 nitrogen and oxygen atoms in total. The number of anilines is 1. The van der Waals surface area contributed by atoms with Crippen molar-refractivity contribution in [1.82, 2.24) is 9.78 Å². The summed E-state index contributed by atoms with van der Waals surface area (Å²) in [6, 6.07) is 13.7. The highest BCUT2D eigenvalue weighted by Gasteiger charge is 2.16. The topological polar surface area (TPSA) is 46.9 Å². The van der Waals surface area contributed by atoms with Gasteiger partial charge in [-0.15, -0.1) is 0 Å². The number of carbonyl (C=O) groups is 1. The number of hydrogen-bond donors (Lipinski definition) is 1. The van der Waals surface area contributed by atoms with E-state index in [0.29, 0.717) is 17.0 Å². The average molecular weight is 323 g/mol. The van der Waals surface area contributed by atoms with E-state index in [1.54, 1.807) is 31.3 Å². The summed E-state index contributed by atoms with van der Waals surface area (Å²) >= 11 is 0. The molecule has 0 unspecified atom stereocenters.